The van der Waals surface area contributed by atoms with Crippen LogP contribution in [0.3, 0.4) is 0 Å². The fraction of sp³-hybridized carbons (Fsp3) is 0.556. The second kappa shape index (κ2) is 5.14. The van der Waals surface area contributed by atoms with Crippen molar-refractivity contribution in [2.24, 2.45) is 0 Å². The van der Waals surface area contributed by atoms with Gasteiger partial charge in [-0.15, -0.1) is 0 Å². The van der Waals surface area contributed by atoms with E-state index in [4.69, 9.17) is 0 Å². The maximum absolute atomic E-state index is 11.2. The van der Waals surface area contributed by atoms with Gasteiger partial charge in [-0.05, 0) is 26.2 Å². The number of aromatic nitrogens is 2. The summed E-state index contributed by atoms with van der Waals surface area (Å²) in [5.41, 5.74) is 0.649. The van der Waals surface area contributed by atoms with Crippen LogP contribution in [0.25, 0.3) is 0 Å². The summed E-state index contributed by atoms with van der Waals surface area (Å²) in [6.45, 7) is 1.72. The third kappa shape index (κ3) is 2.83. The Bertz CT molecular complexity index is 408. The fourth-order valence-electron chi connectivity index (χ4n) is 1.24. The van der Waals surface area contributed by atoms with Crippen molar-refractivity contribution in [1.29, 1.82) is 0 Å². The molecule has 78 valence electrons. The molecule has 1 rings (SSSR count). The molecule has 0 aliphatic carbocycles. The summed E-state index contributed by atoms with van der Waals surface area (Å²) in [6, 6.07) is 0. The summed E-state index contributed by atoms with van der Waals surface area (Å²) in [5.74, 6) is 0. The number of H-pyrrole nitrogens is 2. The summed E-state index contributed by atoms with van der Waals surface area (Å²) >= 11 is 3.33. The van der Waals surface area contributed by atoms with Gasteiger partial charge in [0.1, 0.15) is 0 Å². The molecule has 0 aromatic carbocycles. The van der Waals surface area contributed by atoms with Gasteiger partial charge in [-0.25, -0.2) is 4.79 Å². The number of aromatic amines is 2. The van der Waals surface area contributed by atoms with Crippen molar-refractivity contribution in [3.63, 3.8) is 0 Å². The number of hydrogen-bond acceptors (Lipinski definition) is 2. The molecule has 0 amide bonds. The molecule has 0 aliphatic rings. The first kappa shape index (κ1) is 11.2. The molecule has 0 spiro atoms. The van der Waals surface area contributed by atoms with E-state index in [0.29, 0.717) is 5.56 Å². The van der Waals surface area contributed by atoms with Crippen LogP contribution < -0.4 is 11.2 Å². The van der Waals surface area contributed by atoms with Crippen LogP contribution in [0, 0.1) is 6.92 Å². The average molecular weight is 261 g/mol. The molecular formula is C9H13BrN2O2. The largest absolute Gasteiger partial charge is 0.325 e. The molecule has 0 bridgehead atoms. The molecule has 0 aliphatic heterocycles. The third-order valence-corrected chi connectivity index (χ3v) is 2.66. The van der Waals surface area contributed by atoms with Crippen molar-refractivity contribution in [2.45, 2.75) is 26.2 Å². The molecule has 2 N–H and O–H groups in total. The van der Waals surface area contributed by atoms with Crippen molar-refractivity contribution >= 4 is 15.9 Å². The Kier molecular flexibility index (Phi) is 4.13. The Morgan fingerprint density at radius 3 is 2.57 bits per heavy atom. The van der Waals surface area contributed by atoms with Crippen LogP contribution in [-0.4, -0.2) is 15.3 Å². The predicted molar refractivity (Wildman–Crippen MR) is 59.2 cm³/mol. The second-order valence-corrected chi connectivity index (χ2v) is 3.95. The van der Waals surface area contributed by atoms with E-state index in [1.54, 1.807) is 6.92 Å². The van der Waals surface area contributed by atoms with Gasteiger partial charge in [0.15, 0.2) is 0 Å². The first-order valence-corrected chi connectivity index (χ1v) is 5.65. The molecule has 0 fully saturated rings. The average Bonchev–Trinajstić information content (AvgIpc) is 2.13. The van der Waals surface area contributed by atoms with E-state index in [9.17, 15) is 9.59 Å². The maximum Gasteiger partial charge on any atom is 0.325 e. The monoisotopic (exact) mass is 260 g/mol. The maximum atomic E-state index is 11.2. The van der Waals surface area contributed by atoms with E-state index < -0.39 is 5.69 Å². The summed E-state index contributed by atoms with van der Waals surface area (Å²) in [5, 5.41) is 0.944. The van der Waals surface area contributed by atoms with E-state index in [1.165, 1.54) is 0 Å². The predicted octanol–water partition coefficient (Wildman–Crippen LogP) is 1.09. The van der Waals surface area contributed by atoms with Crippen molar-refractivity contribution < 1.29 is 0 Å². The SMILES string of the molecule is Cc1c(CCCCBr)[nH]c(=O)[nH]c1=O. The number of alkyl halides is 1. The van der Waals surface area contributed by atoms with Gasteiger partial charge in [-0.3, -0.25) is 9.78 Å². The third-order valence-electron chi connectivity index (χ3n) is 2.10. The van der Waals surface area contributed by atoms with Crippen LogP contribution in [0.15, 0.2) is 9.59 Å². The van der Waals surface area contributed by atoms with Gasteiger partial charge in [0.05, 0.1) is 0 Å². The molecule has 0 saturated carbocycles. The lowest BCUT2D eigenvalue weighted by atomic mass is 10.1. The molecule has 0 unspecified atom stereocenters. The number of halogens is 1. The zero-order valence-corrected chi connectivity index (χ0v) is 9.61. The van der Waals surface area contributed by atoms with Gasteiger partial charge in [-0.2, -0.15) is 0 Å². The smallest absolute Gasteiger partial charge is 0.311 e. The molecule has 1 aromatic rings. The Morgan fingerprint density at radius 1 is 1.21 bits per heavy atom. The zero-order valence-electron chi connectivity index (χ0n) is 8.02. The minimum Gasteiger partial charge on any atom is -0.311 e. The summed E-state index contributed by atoms with van der Waals surface area (Å²) in [7, 11) is 0. The summed E-state index contributed by atoms with van der Waals surface area (Å²) < 4.78 is 0. The Morgan fingerprint density at radius 2 is 1.93 bits per heavy atom. The van der Waals surface area contributed by atoms with Crippen molar-refractivity contribution in [2.75, 3.05) is 5.33 Å². The molecule has 5 heteroatoms. The van der Waals surface area contributed by atoms with Gasteiger partial charge >= 0.3 is 5.69 Å². The van der Waals surface area contributed by atoms with E-state index in [1.807, 2.05) is 0 Å². The van der Waals surface area contributed by atoms with Crippen molar-refractivity contribution in [1.82, 2.24) is 9.97 Å². The number of unbranched alkanes of at least 4 members (excludes halogenated alkanes) is 1. The molecule has 0 radical (unpaired) electrons. The molecular weight excluding hydrogens is 248 g/mol. The molecule has 1 aromatic heterocycles. The van der Waals surface area contributed by atoms with Crippen LogP contribution in [0.5, 0.6) is 0 Å². The highest BCUT2D eigenvalue weighted by Crippen LogP contribution is 2.03. The molecule has 0 saturated heterocycles. The Balaban J connectivity index is 2.86. The number of hydrogen-bond donors (Lipinski definition) is 2. The van der Waals surface area contributed by atoms with Crippen LogP contribution in [0.1, 0.15) is 24.1 Å². The zero-order chi connectivity index (χ0) is 10.6. The lowest BCUT2D eigenvalue weighted by Crippen LogP contribution is -2.26. The van der Waals surface area contributed by atoms with Gasteiger partial charge < -0.3 is 4.98 Å². The van der Waals surface area contributed by atoms with E-state index >= 15 is 0 Å². The topological polar surface area (TPSA) is 65.7 Å². The standard InChI is InChI=1S/C9H13BrN2O2/c1-6-7(4-2-3-5-10)11-9(14)12-8(6)13/h2-5H2,1H3,(H2,11,12,13,14). The highest BCUT2D eigenvalue weighted by Gasteiger charge is 2.03. The Hall–Kier alpha value is -0.840. The first-order valence-electron chi connectivity index (χ1n) is 4.53. The first-order chi connectivity index (χ1) is 6.65. The lowest BCUT2D eigenvalue weighted by Gasteiger charge is -2.02. The second-order valence-electron chi connectivity index (χ2n) is 3.16. The van der Waals surface area contributed by atoms with Gasteiger partial charge in [-0.1, -0.05) is 15.9 Å². The normalized spacial score (nSPS) is 10.4. The van der Waals surface area contributed by atoms with E-state index in [0.717, 1.165) is 30.3 Å². The van der Waals surface area contributed by atoms with Crippen LogP contribution in [0.4, 0.5) is 0 Å². The highest BCUT2D eigenvalue weighted by atomic mass is 79.9. The van der Waals surface area contributed by atoms with Crippen LogP contribution in [0.2, 0.25) is 0 Å². The summed E-state index contributed by atoms with van der Waals surface area (Å²) in [4.78, 5) is 27.0. The molecule has 0 atom stereocenters. The number of aryl methyl sites for hydroxylation is 1. The van der Waals surface area contributed by atoms with Gasteiger partial charge in [0.25, 0.3) is 5.56 Å². The minimum atomic E-state index is -0.422. The van der Waals surface area contributed by atoms with Crippen LogP contribution >= 0.6 is 15.9 Å². The molecule has 4 nitrogen and oxygen atoms in total. The van der Waals surface area contributed by atoms with Crippen LogP contribution in [-0.2, 0) is 6.42 Å². The van der Waals surface area contributed by atoms with E-state index in [2.05, 4.69) is 25.9 Å². The Labute approximate surface area is 89.9 Å². The lowest BCUT2D eigenvalue weighted by molar-refractivity contribution is 0.765. The van der Waals surface area contributed by atoms with E-state index in [-0.39, 0.29) is 5.56 Å². The van der Waals surface area contributed by atoms with Gasteiger partial charge in [0, 0.05) is 16.6 Å². The molecule has 14 heavy (non-hydrogen) atoms. The molecule has 1 heterocycles. The number of nitrogens with one attached hydrogen (secondary N) is 2. The highest BCUT2D eigenvalue weighted by molar-refractivity contribution is 9.09. The fourth-order valence-corrected chi connectivity index (χ4v) is 1.64. The summed E-state index contributed by atoms with van der Waals surface area (Å²) in [6.07, 6.45) is 2.75. The quantitative estimate of drug-likeness (QED) is 0.629. The van der Waals surface area contributed by atoms with Crippen molar-refractivity contribution in [3.8, 4) is 0 Å². The minimum absolute atomic E-state index is 0.289. The van der Waals surface area contributed by atoms with Crippen molar-refractivity contribution in [3.05, 3.63) is 32.1 Å². The van der Waals surface area contributed by atoms with Gasteiger partial charge in [0.2, 0.25) is 0 Å². The number of rotatable bonds is 4.